The van der Waals surface area contributed by atoms with Crippen LogP contribution in [-0.2, 0) is 17.6 Å². The SMILES string of the molecule is NCC1(C(=O)Cc2cc(Cl)cc3c2OCC3)CC1. The first-order chi connectivity index (χ1) is 8.64. The Hall–Kier alpha value is -1.06. The molecule has 1 aliphatic heterocycles. The molecule has 1 aromatic carbocycles. The van der Waals surface area contributed by atoms with Gasteiger partial charge in [0.2, 0.25) is 0 Å². The van der Waals surface area contributed by atoms with Gasteiger partial charge in [0.15, 0.2) is 0 Å². The van der Waals surface area contributed by atoms with Gasteiger partial charge in [-0.3, -0.25) is 4.79 Å². The highest BCUT2D eigenvalue weighted by Gasteiger charge is 2.47. The minimum absolute atomic E-state index is 0.227. The normalized spacial score (nSPS) is 19.2. The van der Waals surface area contributed by atoms with E-state index in [4.69, 9.17) is 22.1 Å². The van der Waals surface area contributed by atoms with Gasteiger partial charge in [-0.15, -0.1) is 0 Å². The van der Waals surface area contributed by atoms with E-state index in [-0.39, 0.29) is 11.2 Å². The summed E-state index contributed by atoms with van der Waals surface area (Å²) in [4.78, 5) is 12.3. The van der Waals surface area contributed by atoms with Crippen LogP contribution in [0.2, 0.25) is 5.02 Å². The molecule has 1 fully saturated rings. The summed E-state index contributed by atoms with van der Waals surface area (Å²) in [7, 11) is 0. The van der Waals surface area contributed by atoms with Gasteiger partial charge in [-0.1, -0.05) is 11.6 Å². The lowest BCUT2D eigenvalue weighted by molar-refractivity contribution is -0.123. The third-order valence-corrected chi connectivity index (χ3v) is 4.23. The standard InChI is InChI=1S/C14H16ClNO2/c15-11-5-9-1-4-18-13(9)10(6-11)7-12(17)14(8-16)2-3-14/h5-6H,1-4,7-8,16H2. The second-order valence-corrected chi connectivity index (χ2v) is 5.67. The van der Waals surface area contributed by atoms with E-state index in [1.165, 1.54) is 0 Å². The zero-order valence-electron chi connectivity index (χ0n) is 10.2. The van der Waals surface area contributed by atoms with Crippen LogP contribution in [0.4, 0.5) is 0 Å². The van der Waals surface area contributed by atoms with E-state index in [9.17, 15) is 4.79 Å². The van der Waals surface area contributed by atoms with Gasteiger partial charge in [0, 0.05) is 35.4 Å². The van der Waals surface area contributed by atoms with Crippen molar-refractivity contribution in [3.8, 4) is 5.75 Å². The Kier molecular flexibility index (Phi) is 2.83. The van der Waals surface area contributed by atoms with E-state index >= 15 is 0 Å². The lowest BCUT2D eigenvalue weighted by Gasteiger charge is -2.13. The number of carbonyl (C=O) groups is 1. The number of ketones is 1. The lowest BCUT2D eigenvalue weighted by atomic mass is 9.94. The van der Waals surface area contributed by atoms with Crippen LogP contribution in [-0.4, -0.2) is 18.9 Å². The first-order valence-electron chi connectivity index (χ1n) is 6.32. The number of hydrogen-bond acceptors (Lipinski definition) is 3. The Labute approximate surface area is 111 Å². The molecule has 0 radical (unpaired) electrons. The van der Waals surface area contributed by atoms with Gasteiger partial charge in [0.05, 0.1) is 6.61 Å². The molecule has 0 amide bonds. The quantitative estimate of drug-likeness (QED) is 0.907. The third kappa shape index (κ3) is 1.91. The molecule has 2 aliphatic rings. The Bertz CT molecular complexity index is 509. The van der Waals surface area contributed by atoms with E-state index in [2.05, 4.69) is 0 Å². The maximum atomic E-state index is 12.3. The number of ether oxygens (including phenoxy) is 1. The van der Waals surface area contributed by atoms with Gasteiger partial charge in [-0.25, -0.2) is 0 Å². The number of fused-ring (bicyclic) bond motifs is 1. The highest BCUT2D eigenvalue weighted by molar-refractivity contribution is 6.30. The Morgan fingerprint density at radius 2 is 2.22 bits per heavy atom. The van der Waals surface area contributed by atoms with Gasteiger partial charge in [-0.2, -0.15) is 0 Å². The van der Waals surface area contributed by atoms with Crippen molar-refractivity contribution >= 4 is 17.4 Å². The van der Waals surface area contributed by atoms with E-state index in [0.717, 1.165) is 36.1 Å². The summed E-state index contributed by atoms with van der Waals surface area (Å²) < 4.78 is 5.61. The van der Waals surface area contributed by atoms with Crippen LogP contribution in [0.1, 0.15) is 24.0 Å². The predicted molar refractivity (Wildman–Crippen MR) is 70.1 cm³/mol. The number of Topliss-reactive ketones (excluding diaryl/α,β-unsaturated/α-hetero) is 1. The molecule has 1 heterocycles. The summed E-state index contributed by atoms with van der Waals surface area (Å²) in [6.07, 6.45) is 3.11. The molecule has 0 spiro atoms. The molecule has 0 atom stereocenters. The molecule has 2 N–H and O–H groups in total. The summed E-state index contributed by atoms with van der Waals surface area (Å²) in [5, 5.41) is 0.680. The fraction of sp³-hybridized carbons (Fsp3) is 0.500. The molecule has 1 saturated carbocycles. The molecule has 0 unspecified atom stereocenters. The van der Waals surface area contributed by atoms with Gasteiger partial charge < -0.3 is 10.5 Å². The molecule has 96 valence electrons. The summed E-state index contributed by atoms with van der Waals surface area (Å²) in [6, 6.07) is 3.77. The first kappa shape index (κ1) is 12.0. The van der Waals surface area contributed by atoms with Crippen molar-refractivity contribution in [3.05, 3.63) is 28.3 Å². The van der Waals surface area contributed by atoms with Crippen molar-refractivity contribution < 1.29 is 9.53 Å². The third-order valence-electron chi connectivity index (χ3n) is 4.01. The number of carbonyl (C=O) groups excluding carboxylic acids is 1. The topological polar surface area (TPSA) is 52.3 Å². The minimum Gasteiger partial charge on any atom is -0.493 e. The fourth-order valence-corrected chi connectivity index (χ4v) is 2.85. The van der Waals surface area contributed by atoms with Crippen molar-refractivity contribution in [2.24, 2.45) is 11.1 Å². The second kappa shape index (κ2) is 4.25. The van der Waals surface area contributed by atoms with E-state index in [1.54, 1.807) is 0 Å². The van der Waals surface area contributed by atoms with Gasteiger partial charge in [0.1, 0.15) is 11.5 Å². The molecule has 18 heavy (non-hydrogen) atoms. The van der Waals surface area contributed by atoms with Crippen LogP contribution in [0.5, 0.6) is 5.75 Å². The van der Waals surface area contributed by atoms with E-state index in [0.29, 0.717) is 24.6 Å². The molecule has 1 aromatic rings. The molecule has 1 aliphatic carbocycles. The van der Waals surface area contributed by atoms with Crippen molar-refractivity contribution in [1.82, 2.24) is 0 Å². The summed E-state index contributed by atoms with van der Waals surface area (Å²) in [5.41, 5.74) is 7.46. The van der Waals surface area contributed by atoms with E-state index in [1.807, 2.05) is 12.1 Å². The molecule has 0 bridgehead atoms. The van der Waals surface area contributed by atoms with Crippen LogP contribution in [0, 0.1) is 5.41 Å². The maximum absolute atomic E-state index is 12.3. The van der Waals surface area contributed by atoms with Gasteiger partial charge in [-0.05, 0) is 30.5 Å². The van der Waals surface area contributed by atoms with Crippen LogP contribution >= 0.6 is 11.6 Å². The van der Waals surface area contributed by atoms with Crippen LogP contribution in [0.3, 0.4) is 0 Å². The molecule has 3 nitrogen and oxygen atoms in total. The number of nitrogens with two attached hydrogens (primary N) is 1. The average Bonchev–Trinajstić information content (AvgIpc) is 3.01. The number of benzene rings is 1. The van der Waals surface area contributed by atoms with Crippen LogP contribution in [0.25, 0.3) is 0 Å². The number of hydrogen-bond donors (Lipinski definition) is 1. The average molecular weight is 266 g/mol. The van der Waals surface area contributed by atoms with Crippen molar-refractivity contribution in [2.75, 3.05) is 13.2 Å². The smallest absolute Gasteiger partial charge is 0.144 e. The molecule has 3 rings (SSSR count). The summed E-state index contributed by atoms with van der Waals surface area (Å²) >= 11 is 6.08. The Morgan fingerprint density at radius 1 is 1.44 bits per heavy atom. The van der Waals surface area contributed by atoms with Crippen molar-refractivity contribution in [1.29, 1.82) is 0 Å². The zero-order chi connectivity index (χ0) is 12.8. The Balaban J connectivity index is 1.87. The lowest BCUT2D eigenvalue weighted by Crippen LogP contribution is -2.26. The molecular formula is C14H16ClNO2. The predicted octanol–water partition coefficient (Wildman–Crippen LogP) is 2.13. The highest BCUT2D eigenvalue weighted by Crippen LogP contribution is 2.46. The highest BCUT2D eigenvalue weighted by atomic mass is 35.5. The maximum Gasteiger partial charge on any atom is 0.144 e. The van der Waals surface area contributed by atoms with Crippen molar-refractivity contribution in [2.45, 2.75) is 25.7 Å². The largest absolute Gasteiger partial charge is 0.493 e. The molecular weight excluding hydrogens is 250 g/mol. The van der Waals surface area contributed by atoms with Gasteiger partial charge in [0.25, 0.3) is 0 Å². The van der Waals surface area contributed by atoms with Gasteiger partial charge >= 0.3 is 0 Å². The second-order valence-electron chi connectivity index (χ2n) is 5.24. The molecule has 4 heteroatoms. The monoisotopic (exact) mass is 265 g/mol. The zero-order valence-corrected chi connectivity index (χ0v) is 10.9. The summed E-state index contributed by atoms with van der Waals surface area (Å²) in [6.45, 7) is 1.13. The molecule has 0 aromatic heterocycles. The van der Waals surface area contributed by atoms with Crippen molar-refractivity contribution in [3.63, 3.8) is 0 Å². The number of halogens is 1. The number of rotatable bonds is 4. The fourth-order valence-electron chi connectivity index (χ4n) is 2.59. The molecule has 0 saturated heterocycles. The van der Waals surface area contributed by atoms with E-state index < -0.39 is 0 Å². The minimum atomic E-state index is -0.256. The summed E-state index contributed by atoms with van der Waals surface area (Å²) in [5.74, 6) is 1.09. The van der Waals surface area contributed by atoms with Crippen LogP contribution < -0.4 is 10.5 Å². The Morgan fingerprint density at radius 3 is 2.89 bits per heavy atom. The first-order valence-corrected chi connectivity index (χ1v) is 6.70. The van der Waals surface area contributed by atoms with Crippen LogP contribution in [0.15, 0.2) is 12.1 Å².